The van der Waals surface area contributed by atoms with Crippen molar-refractivity contribution in [1.82, 2.24) is 0 Å². The molecule has 0 saturated heterocycles. The molecule has 0 amide bonds. The minimum absolute atomic E-state index is 0.627. The second-order valence-electron chi connectivity index (χ2n) is 4.49. The predicted octanol–water partition coefficient (Wildman–Crippen LogP) is 3.26. The maximum Gasteiger partial charge on any atom is 0.118 e. The second-order valence-corrected chi connectivity index (χ2v) is 4.49. The number of aliphatic hydroxyl groups is 1. The molecule has 0 aliphatic heterocycles. The number of hydrogen-bond acceptors (Lipinski definition) is 2. The van der Waals surface area contributed by atoms with Crippen LogP contribution in [0.3, 0.4) is 0 Å². The summed E-state index contributed by atoms with van der Waals surface area (Å²) in [5.41, 5.74) is 1.31. The zero-order valence-electron chi connectivity index (χ0n) is 10.4. The third kappa shape index (κ3) is 3.38. The lowest BCUT2D eigenvalue weighted by molar-refractivity contribution is 0.0603. The molecule has 0 saturated carbocycles. The van der Waals surface area contributed by atoms with Gasteiger partial charge < -0.3 is 9.84 Å². The minimum atomic E-state index is -0.816. The van der Waals surface area contributed by atoms with Gasteiger partial charge in [0.15, 0.2) is 0 Å². The van der Waals surface area contributed by atoms with Gasteiger partial charge in [-0.1, -0.05) is 23.8 Å². The molecule has 0 radical (unpaired) electrons. The smallest absolute Gasteiger partial charge is 0.118 e. The van der Waals surface area contributed by atoms with E-state index in [-0.39, 0.29) is 0 Å². The summed E-state index contributed by atoms with van der Waals surface area (Å²) in [6.07, 6.45) is 2.67. The molecule has 1 rings (SSSR count). The maximum absolute atomic E-state index is 10.3. The van der Waals surface area contributed by atoms with Crippen LogP contribution >= 0.6 is 0 Å². The van der Waals surface area contributed by atoms with E-state index in [0.717, 1.165) is 11.3 Å². The van der Waals surface area contributed by atoms with Crippen molar-refractivity contribution in [1.29, 1.82) is 0 Å². The Hall–Kier alpha value is -1.28. The molecule has 0 aliphatic rings. The van der Waals surface area contributed by atoms with E-state index < -0.39 is 5.60 Å². The van der Waals surface area contributed by atoms with Crippen LogP contribution < -0.4 is 4.74 Å². The van der Waals surface area contributed by atoms with Crippen LogP contribution in [0.2, 0.25) is 0 Å². The van der Waals surface area contributed by atoms with E-state index in [1.807, 2.05) is 51.1 Å². The number of methoxy groups -OCH3 is 1. The van der Waals surface area contributed by atoms with Gasteiger partial charge in [0.05, 0.1) is 12.7 Å². The van der Waals surface area contributed by atoms with Crippen molar-refractivity contribution >= 4 is 0 Å². The van der Waals surface area contributed by atoms with E-state index in [1.165, 1.54) is 5.57 Å². The molecular weight excluding hydrogens is 200 g/mol. The lowest BCUT2D eigenvalue weighted by Gasteiger charge is -2.22. The Kier molecular flexibility index (Phi) is 4.13. The van der Waals surface area contributed by atoms with Gasteiger partial charge >= 0.3 is 0 Å². The van der Waals surface area contributed by atoms with Gasteiger partial charge in [0, 0.05) is 0 Å². The zero-order valence-corrected chi connectivity index (χ0v) is 10.4. The van der Waals surface area contributed by atoms with Crippen LogP contribution in [0.15, 0.2) is 35.9 Å². The van der Waals surface area contributed by atoms with E-state index in [1.54, 1.807) is 7.11 Å². The number of benzene rings is 1. The quantitative estimate of drug-likeness (QED) is 0.789. The normalized spacial score (nSPS) is 14.1. The lowest BCUT2D eigenvalue weighted by atomic mass is 9.92. The molecule has 2 nitrogen and oxygen atoms in total. The van der Waals surface area contributed by atoms with Gasteiger partial charge in [0.25, 0.3) is 0 Å². The van der Waals surface area contributed by atoms with Crippen LogP contribution in [0.25, 0.3) is 0 Å². The van der Waals surface area contributed by atoms with Gasteiger partial charge in [0.2, 0.25) is 0 Å². The fraction of sp³-hybridized carbons (Fsp3) is 0.429. The highest BCUT2D eigenvalue weighted by atomic mass is 16.5. The monoisotopic (exact) mass is 220 g/mol. The van der Waals surface area contributed by atoms with Gasteiger partial charge in [-0.25, -0.2) is 0 Å². The molecule has 0 aromatic heterocycles. The summed E-state index contributed by atoms with van der Waals surface area (Å²) in [7, 11) is 1.64. The molecule has 0 fully saturated rings. The lowest BCUT2D eigenvalue weighted by Crippen LogP contribution is -2.19. The number of rotatable bonds is 4. The number of hydrogen-bond donors (Lipinski definition) is 1. The van der Waals surface area contributed by atoms with E-state index in [9.17, 15) is 5.11 Å². The van der Waals surface area contributed by atoms with Crippen LogP contribution in [0, 0.1) is 0 Å². The minimum Gasteiger partial charge on any atom is -0.497 e. The molecule has 0 spiro atoms. The summed E-state index contributed by atoms with van der Waals surface area (Å²) < 4.78 is 5.09. The molecule has 16 heavy (non-hydrogen) atoms. The molecule has 2 heteroatoms. The van der Waals surface area contributed by atoms with Crippen LogP contribution in [0.5, 0.6) is 5.75 Å². The summed E-state index contributed by atoms with van der Waals surface area (Å²) >= 11 is 0. The molecule has 1 aromatic carbocycles. The standard InChI is InChI=1S/C14H20O2/c1-11(2)9-10-14(3,15)12-5-7-13(16-4)8-6-12/h5-9,15H,10H2,1-4H3. The summed E-state index contributed by atoms with van der Waals surface area (Å²) in [5.74, 6) is 0.807. The summed E-state index contributed by atoms with van der Waals surface area (Å²) in [4.78, 5) is 0. The van der Waals surface area contributed by atoms with Crippen LogP contribution in [-0.2, 0) is 5.60 Å². The van der Waals surface area contributed by atoms with Crippen molar-refractivity contribution in [3.05, 3.63) is 41.5 Å². The molecule has 88 valence electrons. The average Bonchev–Trinajstić information content (AvgIpc) is 2.27. The fourth-order valence-electron chi connectivity index (χ4n) is 1.47. The highest BCUT2D eigenvalue weighted by Crippen LogP contribution is 2.27. The van der Waals surface area contributed by atoms with Gasteiger partial charge in [-0.3, -0.25) is 0 Å². The number of ether oxygens (including phenoxy) is 1. The molecule has 1 N–H and O–H groups in total. The average molecular weight is 220 g/mol. The number of allylic oxidation sites excluding steroid dienone is 1. The SMILES string of the molecule is COc1ccc(C(C)(O)CC=C(C)C)cc1. The largest absolute Gasteiger partial charge is 0.497 e. The van der Waals surface area contributed by atoms with E-state index in [0.29, 0.717) is 6.42 Å². The van der Waals surface area contributed by atoms with Gasteiger partial charge in [-0.15, -0.1) is 0 Å². The predicted molar refractivity (Wildman–Crippen MR) is 66.6 cm³/mol. The van der Waals surface area contributed by atoms with E-state index in [2.05, 4.69) is 0 Å². The first-order valence-electron chi connectivity index (χ1n) is 5.46. The summed E-state index contributed by atoms with van der Waals surface area (Å²) in [6, 6.07) is 7.54. The Balaban J connectivity index is 2.84. The summed E-state index contributed by atoms with van der Waals surface area (Å²) in [5, 5.41) is 10.3. The van der Waals surface area contributed by atoms with Crippen molar-refractivity contribution in [3.8, 4) is 5.75 Å². The van der Waals surface area contributed by atoms with Gasteiger partial charge in [-0.2, -0.15) is 0 Å². The topological polar surface area (TPSA) is 29.5 Å². The second kappa shape index (κ2) is 5.17. The van der Waals surface area contributed by atoms with Gasteiger partial charge in [0.1, 0.15) is 5.75 Å². The molecule has 0 aliphatic carbocycles. The third-order valence-electron chi connectivity index (χ3n) is 2.62. The summed E-state index contributed by atoms with van der Waals surface area (Å²) in [6.45, 7) is 5.89. The highest BCUT2D eigenvalue weighted by Gasteiger charge is 2.21. The molecule has 0 bridgehead atoms. The first-order valence-corrected chi connectivity index (χ1v) is 5.46. The Morgan fingerprint density at radius 3 is 2.31 bits per heavy atom. The Morgan fingerprint density at radius 2 is 1.88 bits per heavy atom. The molecule has 1 aromatic rings. The first kappa shape index (κ1) is 12.8. The van der Waals surface area contributed by atoms with Crippen LogP contribution in [-0.4, -0.2) is 12.2 Å². The third-order valence-corrected chi connectivity index (χ3v) is 2.62. The molecule has 1 atom stereocenters. The molecule has 0 heterocycles. The van der Waals surface area contributed by atoms with Crippen molar-refractivity contribution in [3.63, 3.8) is 0 Å². The van der Waals surface area contributed by atoms with Crippen molar-refractivity contribution in [2.24, 2.45) is 0 Å². The fourth-order valence-corrected chi connectivity index (χ4v) is 1.47. The Morgan fingerprint density at radius 1 is 1.31 bits per heavy atom. The van der Waals surface area contributed by atoms with E-state index in [4.69, 9.17) is 4.74 Å². The Labute approximate surface area is 97.6 Å². The zero-order chi connectivity index (χ0) is 12.2. The molecular formula is C14H20O2. The van der Waals surface area contributed by atoms with Crippen LogP contribution in [0.4, 0.5) is 0 Å². The highest BCUT2D eigenvalue weighted by molar-refractivity contribution is 5.30. The van der Waals surface area contributed by atoms with Crippen molar-refractivity contribution < 1.29 is 9.84 Å². The van der Waals surface area contributed by atoms with E-state index >= 15 is 0 Å². The van der Waals surface area contributed by atoms with Crippen molar-refractivity contribution in [2.75, 3.05) is 7.11 Å². The Bertz CT molecular complexity index is 357. The molecule has 1 unspecified atom stereocenters. The van der Waals surface area contributed by atoms with Crippen LogP contribution in [0.1, 0.15) is 32.8 Å². The van der Waals surface area contributed by atoms with Crippen molar-refractivity contribution in [2.45, 2.75) is 32.8 Å². The first-order chi connectivity index (χ1) is 7.45. The maximum atomic E-state index is 10.3. The van der Waals surface area contributed by atoms with Gasteiger partial charge in [-0.05, 0) is 44.9 Å².